The van der Waals surface area contributed by atoms with Gasteiger partial charge in [-0.15, -0.1) is 0 Å². The molecule has 1 aliphatic rings. The minimum Gasteiger partial charge on any atom is -0.395 e. The van der Waals surface area contributed by atoms with Crippen LogP contribution in [0, 0.1) is 0 Å². The Kier molecular flexibility index (Phi) is 5.76. The molecule has 0 aliphatic heterocycles. The van der Waals surface area contributed by atoms with Crippen LogP contribution in [-0.4, -0.2) is 51.4 Å². The van der Waals surface area contributed by atoms with Crippen LogP contribution in [0.5, 0.6) is 0 Å². The van der Waals surface area contributed by atoms with Gasteiger partial charge in [-0.3, -0.25) is 9.69 Å². The molecule has 21 heavy (non-hydrogen) atoms. The number of aliphatic hydroxyl groups is 1. The van der Waals surface area contributed by atoms with E-state index in [0.717, 1.165) is 18.7 Å². The van der Waals surface area contributed by atoms with E-state index in [1.54, 1.807) is 10.9 Å². The number of rotatable bonds is 7. The van der Waals surface area contributed by atoms with Gasteiger partial charge < -0.3 is 10.4 Å². The Hall–Kier alpha value is -1.40. The first kappa shape index (κ1) is 16.0. The molecule has 1 aromatic heterocycles. The molecule has 1 saturated carbocycles. The molecule has 1 aliphatic carbocycles. The number of nitrogens with one attached hydrogen (secondary N) is 1. The summed E-state index contributed by atoms with van der Waals surface area (Å²) in [6.45, 7) is 5.03. The highest BCUT2D eigenvalue weighted by molar-refractivity contribution is 5.91. The van der Waals surface area contributed by atoms with Gasteiger partial charge in [-0.05, 0) is 26.7 Å². The average molecular weight is 294 g/mol. The smallest absolute Gasteiger partial charge is 0.239 e. The van der Waals surface area contributed by atoms with E-state index >= 15 is 0 Å². The van der Waals surface area contributed by atoms with E-state index in [0.29, 0.717) is 19.1 Å². The molecular formula is C15H26N4O2. The molecule has 0 aromatic carbocycles. The lowest BCUT2D eigenvalue weighted by atomic mass is 10.2. The van der Waals surface area contributed by atoms with Crippen molar-refractivity contribution in [2.75, 3.05) is 25.0 Å². The minimum absolute atomic E-state index is 0.0438. The van der Waals surface area contributed by atoms with E-state index < -0.39 is 0 Å². The first-order valence-electron chi connectivity index (χ1n) is 7.80. The SMILES string of the molecule is CC(C)n1nccc1NC(=O)CN(CCO)C1CCCC1. The predicted octanol–water partition coefficient (Wildman–Crippen LogP) is 1.64. The van der Waals surface area contributed by atoms with Crippen LogP contribution in [-0.2, 0) is 4.79 Å². The topological polar surface area (TPSA) is 70.4 Å². The molecule has 0 saturated heterocycles. The van der Waals surface area contributed by atoms with E-state index in [4.69, 9.17) is 0 Å². The third kappa shape index (κ3) is 4.28. The van der Waals surface area contributed by atoms with Crippen molar-refractivity contribution in [2.45, 2.75) is 51.6 Å². The summed E-state index contributed by atoms with van der Waals surface area (Å²) in [7, 11) is 0. The second kappa shape index (κ2) is 7.56. The van der Waals surface area contributed by atoms with Gasteiger partial charge in [0, 0.05) is 24.7 Å². The second-order valence-corrected chi connectivity index (χ2v) is 5.94. The molecule has 1 aromatic rings. The molecule has 6 nitrogen and oxygen atoms in total. The molecule has 0 atom stereocenters. The van der Waals surface area contributed by atoms with Crippen molar-refractivity contribution >= 4 is 11.7 Å². The molecule has 6 heteroatoms. The Bertz CT molecular complexity index is 452. The van der Waals surface area contributed by atoms with Crippen molar-refractivity contribution in [3.63, 3.8) is 0 Å². The lowest BCUT2D eigenvalue weighted by molar-refractivity contribution is -0.118. The standard InChI is InChI=1S/C15H26N4O2/c1-12(2)19-14(7-8-16-19)17-15(21)11-18(9-10-20)13-5-3-4-6-13/h7-8,12-13,20H,3-6,9-11H2,1-2H3,(H,17,21). The Labute approximate surface area is 126 Å². The van der Waals surface area contributed by atoms with Crippen molar-refractivity contribution < 1.29 is 9.90 Å². The van der Waals surface area contributed by atoms with Gasteiger partial charge in [0.2, 0.25) is 5.91 Å². The molecule has 2 rings (SSSR count). The van der Waals surface area contributed by atoms with Crippen molar-refractivity contribution in [2.24, 2.45) is 0 Å². The Morgan fingerprint density at radius 1 is 1.52 bits per heavy atom. The summed E-state index contributed by atoms with van der Waals surface area (Å²) in [6, 6.07) is 2.45. The maximum Gasteiger partial charge on any atom is 0.239 e. The van der Waals surface area contributed by atoms with Crippen molar-refractivity contribution in [1.82, 2.24) is 14.7 Å². The summed E-state index contributed by atoms with van der Waals surface area (Å²) in [4.78, 5) is 14.3. The van der Waals surface area contributed by atoms with Gasteiger partial charge in [0.05, 0.1) is 19.3 Å². The molecule has 0 radical (unpaired) electrons. The third-order valence-corrected chi connectivity index (χ3v) is 4.00. The number of anilines is 1. The molecule has 1 amide bonds. The fourth-order valence-electron chi connectivity index (χ4n) is 2.98. The summed E-state index contributed by atoms with van der Waals surface area (Å²) in [6.07, 6.45) is 6.37. The van der Waals surface area contributed by atoms with Crippen LogP contribution in [0.3, 0.4) is 0 Å². The number of aliphatic hydroxyl groups excluding tert-OH is 1. The van der Waals surface area contributed by atoms with Gasteiger partial charge in [-0.25, -0.2) is 4.68 Å². The van der Waals surface area contributed by atoms with Crippen LogP contribution < -0.4 is 5.32 Å². The zero-order valence-corrected chi connectivity index (χ0v) is 13.0. The van der Waals surface area contributed by atoms with Crippen LogP contribution in [0.2, 0.25) is 0 Å². The number of amides is 1. The fraction of sp³-hybridized carbons (Fsp3) is 0.733. The van der Waals surface area contributed by atoms with E-state index in [9.17, 15) is 9.90 Å². The van der Waals surface area contributed by atoms with Gasteiger partial charge in [-0.1, -0.05) is 12.8 Å². The zero-order valence-electron chi connectivity index (χ0n) is 13.0. The molecule has 0 unspecified atom stereocenters. The number of carbonyl (C=O) groups is 1. The van der Waals surface area contributed by atoms with Gasteiger partial charge in [0.25, 0.3) is 0 Å². The summed E-state index contributed by atoms with van der Waals surface area (Å²) in [5.41, 5.74) is 0. The fourth-order valence-corrected chi connectivity index (χ4v) is 2.98. The number of aromatic nitrogens is 2. The van der Waals surface area contributed by atoms with Crippen LogP contribution >= 0.6 is 0 Å². The summed E-state index contributed by atoms with van der Waals surface area (Å²) < 4.78 is 1.80. The quantitative estimate of drug-likeness (QED) is 0.802. The number of nitrogens with zero attached hydrogens (tertiary/aromatic N) is 3. The van der Waals surface area contributed by atoms with Gasteiger partial charge in [-0.2, -0.15) is 5.10 Å². The van der Waals surface area contributed by atoms with Gasteiger partial charge in [0.1, 0.15) is 5.82 Å². The van der Waals surface area contributed by atoms with Crippen LogP contribution in [0.4, 0.5) is 5.82 Å². The molecule has 2 N–H and O–H groups in total. The van der Waals surface area contributed by atoms with E-state index in [1.165, 1.54) is 12.8 Å². The summed E-state index contributed by atoms with van der Waals surface area (Å²) in [5.74, 6) is 0.683. The number of hydrogen-bond donors (Lipinski definition) is 2. The maximum absolute atomic E-state index is 12.3. The molecule has 1 heterocycles. The Balaban J connectivity index is 1.93. The lowest BCUT2D eigenvalue weighted by Gasteiger charge is -2.27. The first-order valence-corrected chi connectivity index (χ1v) is 7.80. The molecule has 0 spiro atoms. The molecule has 118 valence electrons. The lowest BCUT2D eigenvalue weighted by Crippen LogP contribution is -2.41. The summed E-state index contributed by atoms with van der Waals surface area (Å²) >= 11 is 0. The molecule has 1 fully saturated rings. The van der Waals surface area contributed by atoms with E-state index in [-0.39, 0.29) is 18.6 Å². The third-order valence-electron chi connectivity index (χ3n) is 4.00. The Morgan fingerprint density at radius 3 is 2.86 bits per heavy atom. The van der Waals surface area contributed by atoms with Crippen molar-refractivity contribution in [3.8, 4) is 0 Å². The van der Waals surface area contributed by atoms with Crippen LogP contribution in [0.1, 0.15) is 45.6 Å². The number of carbonyl (C=O) groups excluding carboxylic acids is 1. The highest BCUT2D eigenvalue weighted by Crippen LogP contribution is 2.23. The summed E-state index contributed by atoms with van der Waals surface area (Å²) in [5, 5.41) is 16.3. The highest BCUT2D eigenvalue weighted by Gasteiger charge is 2.24. The first-order chi connectivity index (χ1) is 10.1. The minimum atomic E-state index is -0.0438. The second-order valence-electron chi connectivity index (χ2n) is 5.94. The van der Waals surface area contributed by atoms with E-state index in [1.807, 2.05) is 19.9 Å². The molecular weight excluding hydrogens is 268 g/mol. The maximum atomic E-state index is 12.3. The van der Waals surface area contributed by atoms with Crippen LogP contribution in [0.15, 0.2) is 12.3 Å². The average Bonchev–Trinajstić information content (AvgIpc) is 3.08. The predicted molar refractivity (Wildman–Crippen MR) is 82.2 cm³/mol. The van der Waals surface area contributed by atoms with Gasteiger partial charge in [0.15, 0.2) is 0 Å². The highest BCUT2D eigenvalue weighted by atomic mass is 16.3. The van der Waals surface area contributed by atoms with Gasteiger partial charge >= 0.3 is 0 Å². The van der Waals surface area contributed by atoms with Crippen LogP contribution in [0.25, 0.3) is 0 Å². The largest absolute Gasteiger partial charge is 0.395 e. The zero-order chi connectivity index (χ0) is 15.2. The van der Waals surface area contributed by atoms with Crippen molar-refractivity contribution in [1.29, 1.82) is 0 Å². The normalized spacial score (nSPS) is 16.0. The monoisotopic (exact) mass is 294 g/mol. The van der Waals surface area contributed by atoms with E-state index in [2.05, 4.69) is 15.3 Å². The molecule has 0 bridgehead atoms. The van der Waals surface area contributed by atoms with Crippen molar-refractivity contribution in [3.05, 3.63) is 12.3 Å². The Morgan fingerprint density at radius 2 is 2.24 bits per heavy atom. The number of hydrogen-bond acceptors (Lipinski definition) is 4.